The van der Waals surface area contributed by atoms with Crippen LogP contribution in [0.25, 0.3) is 0 Å². The largest absolute Gasteiger partial charge is 0.493 e. The number of methoxy groups -OCH3 is 1. The number of amides is 1. The summed E-state index contributed by atoms with van der Waals surface area (Å²) in [6.07, 6.45) is 1.23. The van der Waals surface area contributed by atoms with E-state index in [0.29, 0.717) is 0 Å². The van der Waals surface area contributed by atoms with E-state index in [1.54, 1.807) is 13.8 Å². The lowest BCUT2D eigenvalue weighted by Crippen LogP contribution is -2.47. The number of nitrogens with one attached hydrogen (secondary N) is 1. The first-order valence-electron chi connectivity index (χ1n) is 12.7. The first kappa shape index (κ1) is 30.7. The van der Waals surface area contributed by atoms with Gasteiger partial charge in [0, 0.05) is 12.3 Å². The molecule has 0 saturated carbocycles. The van der Waals surface area contributed by atoms with Crippen LogP contribution in [0.5, 0.6) is 11.5 Å². The van der Waals surface area contributed by atoms with Gasteiger partial charge in [-0.1, -0.05) is 44.2 Å². The van der Waals surface area contributed by atoms with Gasteiger partial charge in [0.05, 0.1) is 13.0 Å². The Labute approximate surface area is 237 Å². The molecule has 11 nitrogen and oxygen atoms in total. The normalized spacial score (nSPS) is 21.2. The number of nitrogens with zero attached hydrogens (tertiary/aromatic N) is 1. The van der Waals surface area contributed by atoms with Crippen LogP contribution in [-0.2, 0) is 35.0 Å². The highest BCUT2D eigenvalue weighted by atomic mass is 32.2. The number of carbonyl (C=O) groups is 4. The molecule has 0 bridgehead atoms. The molecule has 1 amide bonds. The molecule has 0 radical (unpaired) electrons. The fraction of sp³-hybridized carbons (Fsp3) is 0.464. The Bertz CT molecular complexity index is 1190. The molecular weight excluding hydrogens is 540 g/mol. The Morgan fingerprint density at radius 3 is 2.52 bits per heavy atom. The molecule has 1 aromatic heterocycles. The molecule has 0 aliphatic carbocycles. The summed E-state index contributed by atoms with van der Waals surface area (Å²) in [4.78, 5) is 56.4. The van der Waals surface area contributed by atoms with Gasteiger partial charge in [-0.2, -0.15) is 0 Å². The summed E-state index contributed by atoms with van der Waals surface area (Å²) >= 11 is 1.38. The summed E-state index contributed by atoms with van der Waals surface area (Å²) in [5.74, 6) is -3.71. The van der Waals surface area contributed by atoms with E-state index in [1.807, 2.05) is 36.6 Å². The van der Waals surface area contributed by atoms with Crippen molar-refractivity contribution in [3.8, 4) is 11.5 Å². The van der Waals surface area contributed by atoms with Crippen molar-refractivity contribution < 1.29 is 42.9 Å². The van der Waals surface area contributed by atoms with E-state index in [9.17, 15) is 19.2 Å². The number of aromatic nitrogens is 1. The van der Waals surface area contributed by atoms with E-state index < -0.39 is 60.5 Å². The molecule has 1 saturated heterocycles. The van der Waals surface area contributed by atoms with Crippen molar-refractivity contribution in [3.05, 3.63) is 53.9 Å². The molecule has 2 heterocycles. The van der Waals surface area contributed by atoms with Crippen molar-refractivity contribution in [2.75, 3.05) is 25.9 Å². The number of benzene rings is 1. The lowest BCUT2D eigenvalue weighted by atomic mass is 9.91. The molecule has 0 spiro atoms. The van der Waals surface area contributed by atoms with E-state index in [2.05, 4.69) is 10.3 Å². The Morgan fingerprint density at radius 1 is 1.15 bits per heavy atom. The number of thioether (sulfide) groups is 1. The first-order valence-corrected chi connectivity index (χ1v) is 14.1. The topological polar surface area (TPSA) is 139 Å². The molecule has 2 aromatic rings. The van der Waals surface area contributed by atoms with E-state index in [4.69, 9.17) is 23.7 Å². The fourth-order valence-corrected chi connectivity index (χ4v) is 4.22. The average molecular weight is 575 g/mol. The summed E-state index contributed by atoms with van der Waals surface area (Å²) < 4.78 is 27.7. The van der Waals surface area contributed by atoms with Gasteiger partial charge in [0.1, 0.15) is 24.6 Å². The molecule has 1 aliphatic heterocycles. The summed E-state index contributed by atoms with van der Waals surface area (Å²) in [7, 11) is 1.42. The van der Waals surface area contributed by atoms with E-state index in [0.717, 1.165) is 5.56 Å². The number of rotatable bonds is 10. The average Bonchev–Trinajstić information content (AvgIpc) is 2.98. The van der Waals surface area contributed by atoms with Crippen molar-refractivity contribution in [2.45, 2.75) is 45.4 Å². The summed E-state index contributed by atoms with van der Waals surface area (Å²) in [6, 6.07) is 9.33. The maximum atomic E-state index is 13.4. The summed E-state index contributed by atoms with van der Waals surface area (Å²) in [5, 5.41) is 2.52. The molecule has 40 heavy (non-hydrogen) atoms. The molecule has 1 N–H and O–H groups in total. The third-order valence-corrected chi connectivity index (χ3v) is 6.45. The van der Waals surface area contributed by atoms with Gasteiger partial charge in [-0.15, -0.1) is 11.8 Å². The quantitative estimate of drug-likeness (QED) is 0.255. The second-order valence-corrected chi connectivity index (χ2v) is 10.2. The number of pyridine rings is 1. The van der Waals surface area contributed by atoms with Crippen LogP contribution in [0.4, 0.5) is 0 Å². The highest BCUT2D eigenvalue weighted by molar-refractivity contribution is 7.98. The maximum absolute atomic E-state index is 13.4. The van der Waals surface area contributed by atoms with Crippen LogP contribution in [-0.4, -0.2) is 73.0 Å². The van der Waals surface area contributed by atoms with Gasteiger partial charge >= 0.3 is 17.9 Å². The lowest BCUT2D eigenvalue weighted by molar-refractivity contribution is -0.176. The van der Waals surface area contributed by atoms with Gasteiger partial charge in [-0.3, -0.25) is 14.4 Å². The number of cyclic esters (lactones) is 2. The van der Waals surface area contributed by atoms with Gasteiger partial charge in [-0.05, 0) is 25.2 Å². The van der Waals surface area contributed by atoms with Gasteiger partial charge in [0.2, 0.25) is 0 Å². The number of carbonyl (C=O) groups excluding carboxylic acids is 4. The minimum atomic E-state index is -1.36. The fourth-order valence-electron chi connectivity index (χ4n) is 3.99. The van der Waals surface area contributed by atoms with Crippen LogP contribution < -0.4 is 14.8 Å². The van der Waals surface area contributed by atoms with Crippen LogP contribution in [0.15, 0.2) is 42.6 Å². The zero-order valence-corrected chi connectivity index (χ0v) is 23.9. The molecule has 216 valence electrons. The van der Waals surface area contributed by atoms with Crippen LogP contribution >= 0.6 is 11.8 Å². The molecule has 3 rings (SSSR count). The van der Waals surface area contributed by atoms with Crippen LogP contribution in [0.1, 0.15) is 36.8 Å². The van der Waals surface area contributed by atoms with E-state index in [-0.39, 0.29) is 29.6 Å². The number of esters is 3. The molecular formula is C28H34N2O9S. The van der Waals surface area contributed by atoms with Crippen molar-refractivity contribution in [1.82, 2.24) is 10.3 Å². The predicted octanol–water partition coefficient (Wildman–Crippen LogP) is 2.80. The molecule has 12 heteroatoms. The zero-order chi connectivity index (χ0) is 29.2. The van der Waals surface area contributed by atoms with Gasteiger partial charge < -0.3 is 29.0 Å². The van der Waals surface area contributed by atoms with Crippen LogP contribution in [0.3, 0.4) is 0 Å². The Hall–Kier alpha value is -3.80. The first-order chi connectivity index (χ1) is 19.2. The van der Waals surface area contributed by atoms with Crippen molar-refractivity contribution in [1.29, 1.82) is 0 Å². The molecule has 4 atom stereocenters. The standard InChI is InChI=1S/C28H34N2O9S/c1-16(2)26(32)39-23-17(3)38-28(34)20(14-36-27(33)19(23)13-18-9-7-6-8-10-18)30-25(31)22-24(37-15-40-5)21(35-4)11-12-29-22/h6-12,16-17,19-20,23H,13-15H2,1-5H3,(H,30,31). The van der Waals surface area contributed by atoms with Crippen LogP contribution in [0, 0.1) is 11.8 Å². The van der Waals surface area contributed by atoms with Gasteiger partial charge in [0.15, 0.2) is 29.3 Å². The molecule has 1 aliphatic rings. The second kappa shape index (κ2) is 14.5. The zero-order valence-electron chi connectivity index (χ0n) is 23.1. The third-order valence-electron chi connectivity index (χ3n) is 6.09. The SMILES string of the molecule is COc1ccnc(C(=O)NC2COC(=O)C(Cc3ccccc3)C(OC(=O)C(C)C)C(C)OC2=O)c1OCSC. The molecule has 4 unspecified atom stereocenters. The number of ether oxygens (including phenoxy) is 5. The lowest BCUT2D eigenvalue weighted by Gasteiger charge is -2.29. The van der Waals surface area contributed by atoms with Gasteiger partial charge in [-0.25, -0.2) is 9.78 Å². The van der Waals surface area contributed by atoms with E-state index in [1.165, 1.54) is 38.1 Å². The van der Waals surface area contributed by atoms with Crippen LogP contribution in [0.2, 0.25) is 0 Å². The third kappa shape index (κ3) is 7.87. The minimum Gasteiger partial charge on any atom is -0.493 e. The predicted molar refractivity (Wildman–Crippen MR) is 146 cm³/mol. The monoisotopic (exact) mass is 574 g/mol. The number of hydrogen-bond donors (Lipinski definition) is 1. The van der Waals surface area contributed by atoms with Gasteiger partial charge in [0.25, 0.3) is 5.91 Å². The van der Waals surface area contributed by atoms with Crippen molar-refractivity contribution in [3.63, 3.8) is 0 Å². The van der Waals surface area contributed by atoms with Crippen molar-refractivity contribution >= 4 is 35.6 Å². The highest BCUT2D eigenvalue weighted by Crippen LogP contribution is 2.30. The highest BCUT2D eigenvalue weighted by Gasteiger charge is 2.42. The Morgan fingerprint density at radius 2 is 1.88 bits per heavy atom. The smallest absolute Gasteiger partial charge is 0.332 e. The second-order valence-electron chi connectivity index (χ2n) is 9.39. The maximum Gasteiger partial charge on any atom is 0.332 e. The molecule has 1 aromatic carbocycles. The summed E-state index contributed by atoms with van der Waals surface area (Å²) in [5.41, 5.74) is 0.686. The summed E-state index contributed by atoms with van der Waals surface area (Å²) in [6.45, 7) is 4.35. The minimum absolute atomic E-state index is 0.0993. The van der Waals surface area contributed by atoms with Crippen molar-refractivity contribution in [2.24, 2.45) is 11.8 Å². The molecule has 1 fully saturated rings. The van der Waals surface area contributed by atoms with E-state index >= 15 is 0 Å². The Balaban J connectivity index is 1.88. The Kier molecular flexibility index (Phi) is 11.2. The number of hydrogen-bond acceptors (Lipinski definition) is 11.